The fourth-order valence-corrected chi connectivity index (χ4v) is 2.65. The fourth-order valence-electron chi connectivity index (χ4n) is 2.65. The zero-order valence-corrected chi connectivity index (χ0v) is 13.0. The van der Waals surface area contributed by atoms with Crippen LogP contribution in [0.1, 0.15) is 31.7 Å². The van der Waals surface area contributed by atoms with E-state index < -0.39 is 0 Å². The summed E-state index contributed by atoms with van der Waals surface area (Å²) in [6.07, 6.45) is 6.87. The number of hydrogen-bond donors (Lipinski definition) is 0. The number of likely N-dealkylation sites (tertiary alicyclic amines) is 1. The third-order valence-electron chi connectivity index (χ3n) is 3.91. The van der Waals surface area contributed by atoms with Crippen molar-refractivity contribution in [2.45, 2.75) is 32.2 Å². The third-order valence-corrected chi connectivity index (χ3v) is 3.91. The van der Waals surface area contributed by atoms with Gasteiger partial charge in [0.05, 0.1) is 14.2 Å². The highest BCUT2D eigenvalue weighted by molar-refractivity contribution is 5.92. The van der Waals surface area contributed by atoms with E-state index in [0.717, 1.165) is 24.9 Å². The van der Waals surface area contributed by atoms with Crippen molar-refractivity contribution in [2.24, 2.45) is 0 Å². The molecule has 1 saturated heterocycles. The standard InChI is InChI=1S/C17H23NO3/c1-13-6-4-5-11-18(13)17(19)10-8-14-7-9-15(20-2)16(12-14)21-3/h7-10,12-13H,4-6,11H2,1-3H3/b10-8-. The van der Waals surface area contributed by atoms with Crippen LogP contribution in [-0.2, 0) is 4.79 Å². The van der Waals surface area contributed by atoms with Gasteiger partial charge in [-0.1, -0.05) is 6.07 Å². The molecule has 1 fully saturated rings. The monoisotopic (exact) mass is 289 g/mol. The zero-order chi connectivity index (χ0) is 15.2. The molecule has 2 rings (SSSR count). The predicted molar refractivity (Wildman–Crippen MR) is 83.6 cm³/mol. The molecule has 114 valence electrons. The smallest absolute Gasteiger partial charge is 0.246 e. The Hall–Kier alpha value is -1.97. The van der Waals surface area contributed by atoms with E-state index in [1.807, 2.05) is 29.2 Å². The van der Waals surface area contributed by atoms with Crippen molar-refractivity contribution in [3.63, 3.8) is 0 Å². The Labute approximate surface area is 126 Å². The first-order chi connectivity index (χ1) is 10.2. The van der Waals surface area contributed by atoms with Gasteiger partial charge in [0.2, 0.25) is 5.91 Å². The van der Waals surface area contributed by atoms with Gasteiger partial charge in [-0.15, -0.1) is 0 Å². The maximum atomic E-state index is 12.2. The highest BCUT2D eigenvalue weighted by Crippen LogP contribution is 2.28. The number of ether oxygens (including phenoxy) is 2. The maximum Gasteiger partial charge on any atom is 0.246 e. The lowest BCUT2D eigenvalue weighted by Gasteiger charge is -2.32. The summed E-state index contributed by atoms with van der Waals surface area (Å²) in [5, 5.41) is 0. The van der Waals surface area contributed by atoms with Gasteiger partial charge in [0, 0.05) is 18.7 Å². The summed E-state index contributed by atoms with van der Waals surface area (Å²) < 4.78 is 10.5. The summed E-state index contributed by atoms with van der Waals surface area (Å²) in [6, 6.07) is 5.95. The molecule has 0 saturated carbocycles. The molecular weight excluding hydrogens is 266 g/mol. The molecule has 1 heterocycles. The second-order valence-corrected chi connectivity index (χ2v) is 5.32. The lowest BCUT2D eigenvalue weighted by molar-refractivity contribution is -0.129. The zero-order valence-electron chi connectivity index (χ0n) is 13.0. The molecule has 1 aromatic rings. The van der Waals surface area contributed by atoms with Gasteiger partial charge in [-0.3, -0.25) is 4.79 Å². The van der Waals surface area contributed by atoms with Crippen LogP contribution >= 0.6 is 0 Å². The molecule has 0 N–H and O–H groups in total. The van der Waals surface area contributed by atoms with Crippen LogP contribution in [0.25, 0.3) is 6.08 Å². The highest BCUT2D eigenvalue weighted by Gasteiger charge is 2.21. The van der Waals surface area contributed by atoms with Gasteiger partial charge in [0.1, 0.15) is 0 Å². The van der Waals surface area contributed by atoms with Crippen LogP contribution in [0.5, 0.6) is 11.5 Å². The van der Waals surface area contributed by atoms with E-state index in [1.165, 1.54) is 6.42 Å². The molecular formula is C17H23NO3. The number of benzene rings is 1. The number of piperidine rings is 1. The highest BCUT2D eigenvalue weighted by atomic mass is 16.5. The van der Waals surface area contributed by atoms with Gasteiger partial charge in [0.25, 0.3) is 0 Å². The van der Waals surface area contributed by atoms with Crippen molar-refractivity contribution < 1.29 is 14.3 Å². The van der Waals surface area contributed by atoms with Crippen LogP contribution in [0.15, 0.2) is 24.3 Å². The third kappa shape index (κ3) is 3.78. The largest absolute Gasteiger partial charge is 0.493 e. The number of rotatable bonds is 4. The van der Waals surface area contributed by atoms with Crippen molar-refractivity contribution in [1.82, 2.24) is 4.90 Å². The molecule has 21 heavy (non-hydrogen) atoms. The fraction of sp³-hybridized carbons (Fsp3) is 0.471. The number of carbonyl (C=O) groups is 1. The van der Waals surface area contributed by atoms with Crippen LogP contribution in [0.3, 0.4) is 0 Å². The van der Waals surface area contributed by atoms with Gasteiger partial charge < -0.3 is 14.4 Å². The Morgan fingerprint density at radius 1 is 1.24 bits per heavy atom. The second kappa shape index (κ2) is 7.16. The Bertz CT molecular complexity index is 525. The van der Waals surface area contributed by atoms with Crippen LogP contribution in [-0.4, -0.2) is 37.6 Å². The Kier molecular flexibility index (Phi) is 5.26. The molecule has 1 unspecified atom stereocenters. The first-order valence-corrected chi connectivity index (χ1v) is 7.36. The first kappa shape index (κ1) is 15.4. The normalized spacial score (nSPS) is 18.8. The Balaban J connectivity index is 2.08. The summed E-state index contributed by atoms with van der Waals surface area (Å²) in [6.45, 7) is 2.97. The number of hydrogen-bond acceptors (Lipinski definition) is 3. The molecule has 0 aliphatic carbocycles. The van der Waals surface area contributed by atoms with E-state index in [9.17, 15) is 4.79 Å². The lowest BCUT2D eigenvalue weighted by atomic mass is 10.0. The number of carbonyl (C=O) groups excluding carboxylic acids is 1. The Morgan fingerprint density at radius 3 is 2.67 bits per heavy atom. The van der Waals surface area contributed by atoms with E-state index in [2.05, 4.69) is 6.92 Å². The molecule has 0 radical (unpaired) electrons. The van der Waals surface area contributed by atoms with E-state index in [4.69, 9.17) is 9.47 Å². The molecule has 1 aliphatic rings. The van der Waals surface area contributed by atoms with Crippen molar-refractivity contribution in [2.75, 3.05) is 20.8 Å². The average Bonchev–Trinajstić information content (AvgIpc) is 2.52. The van der Waals surface area contributed by atoms with Gasteiger partial charge in [-0.2, -0.15) is 0 Å². The summed E-state index contributed by atoms with van der Waals surface area (Å²) in [5.74, 6) is 1.43. The molecule has 4 heteroatoms. The van der Waals surface area contributed by atoms with Crippen LogP contribution in [0.2, 0.25) is 0 Å². The lowest BCUT2D eigenvalue weighted by Crippen LogP contribution is -2.41. The number of amides is 1. The summed E-state index contributed by atoms with van der Waals surface area (Å²) >= 11 is 0. The van der Waals surface area contributed by atoms with Crippen LogP contribution in [0, 0.1) is 0 Å². The van der Waals surface area contributed by atoms with E-state index in [-0.39, 0.29) is 5.91 Å². The first-order valence-electron chi connectivity index (χ1n) is 7.36. The molecule has 1 atom stereocenters. The SMILES string of the molecule is COc1ccc(/C=C\C(=O)N2CCCCC2C)cc1OC. The van der Waals surface area contributed by atoms with Crippen molar-refractivity contribution in [3.8, 4) is 11.5 Å². The molecule has 0 spiro atoms. The van der Waals surface area contributed by atoms with E-state index >= 15 is 0 Å². The van der Waals surface area contributed by atoms with Crippen LogP contribution < -0.4 is 9.47 Å². The number of nitrogens with zero attached hydrogens (tertiary/aromatic N) is 1. The van der Waals surface area contributed by atoms with Gasteiger partial charge in [-0.25, -0.2) is 0 Å². The summed E-state index contributed by atoms with van der Waals surface area (Å²) in [5.41, 5.74) is 0.922. The topological polar surface area (TPSA) is 38.8 Å². The minimum Gasteiger partial charge on any atom is -0.493 e. The van der Waals surface area contributed by atoms with Gasteiger partial charge in [0.15, 0.2) is 11.5 Å². The average molecular weight is 289 g/mol. The minimum atomic E-state index is 0.0805. The molecule has 0 bridgehead atoms. The second-order valence-electron chi connectivity index (χ2n) is 5.32. The van der Waals surface area contributed by atoms with E-state index in [1.54, 1.807) is 20.3 Å². The maximum absolute atomic E-state index is 12.2. The minimum absolute atomic E-state index is 0.0805. The molecule has 1 aromatic carbocycles. The molecule has 0 aromatic heterocycles. The Morgan fingerprint density at radius 2 is 2.00 bits per heavy atom. The van der Waals surface area contributed by atoms with Crippen molar-refractivity contribution in [3.05, 3.63) is 29.8 Å². The molecule has 1 aliphatic heterocycles. The van der Waals surface area contributed by atoms with Crippen molar-refractivity contribution in [1.29, 1.82) is 0 Å². The van der Waals surface area contributed by atoms with Crippen LogP contribution in [0.4, 0.5) is 0 Å². The predicted octanol–water partition coefficient (Wildman–Crippen LogP) is 3.12. The van der Waals surface area contributed by atoms with Gasteiger partial charge >= 0.3 is 0 Å². The van der Waals surface area contributed by atoms with Crippen molar-refractivity contribution >= 4 is 12.0 Å². The molecule has 1 amide bonds. The number of methoxy groups -OCH3 is 2. The quantitative estimate of drug-likeness (QED) is 0.799. The van der Waals surface area contributed by atoms with Gasteiger partial charge in [-0.05, 0) is 50.0 Å². The summed E-state index contributed by atoms with van der Waals surface area (Å²) in [4.78, 5) is 14.2. The summed E-state index contributed by atoms with van der Waals surface area (Å²) in [7, 11) is 3.21. The molecule has 4 nitrogen and oxygen atoms in total. The van der Waals surface area contributed by atoms with E-state index in [0.29, 0.717) is 17.5 Å².